The van der Waals surface area contributed by atoms with Gasteiger partial charge in [0.1, 0.15) is 0 Å². The number of nitrogens with zero attached hydrogens (tertiary/aromatic N) is 1. The number of amides is 1. The van der Waals surface area contributed by atoms with E-state index in [1.54, 1.807) is 18.2 Å². The summed E-state index contributed by atoms with van der Waals surface area (Å²) < 4.78 is 6.27. The Bertz CT molecular complexity index is 459. The Balaban J connectivity index is 2.13. The van der Waals surface area contributed by atoms with Crippen LogP contribution in [0.25, 0.3) is 0 Å². The molecule has 0 saturated carbocycles. The molecule has 1 aromatic rings. The first-order valence-electron chi connectivity index (χ1n) is 6.58. The molecule has 19 heavy (non-hydrogen) atoms. The van der Waals surface area contributed by atoms with Crippen molar-refractivity contribution in [2.75, 3.05) is 25.4 Å². The van der Waals surface area contributed by atoms with E-state index in [1.807, 2.05) is 11.8 Å². The summed E-state index contributed by atoms with van der Waals surface area (Å²) in [7, 11) is 0. The second-order valence-corrected chi connectivity index (χ2v) is 5.48. The number of likely N-dealkylation sites (N-methyl/N-ethyl adjacent to an activating group) is 1. The quantitative estimate of drug-likeness (QED) is 0.865. The first-order chi connectivity index (χ1) is 9.13. The van der Waals surface area contributed by atoms with Crippen LogP contribution in [0.2, 0.25) is 0 Å². The smallest absolute Gasteiger partial charge is 0.255 e. The van der Waals surface area contributed by atoms with E-state index < -0.39 is 0 Å². The minimum Gasteiger partial charge on any atom is -0.398 e. The van der Waals surface area contributed by atoms with Gasteiger partial charge in [-0.1, -0.05) is 6.07 Å². The van der Waals surface area contributed by atoms with Gasteiger partial charge in [-0.3, -0.25) is 4.79 Å². The van der Waals surface area contributed by atoms with Gasteiger partial charge in [0.25, 0.3) is 5.91 Å². The zero-order valence-electron chi connectivity index (χ0n) is 11.1. The topological polar surface area (TPSA) is 55.6 Å². The summed E-state index contributed by atoms with van der Waals surface area (Å²) in [6.45, 7) is 4.10. The van der Waals surface area contributed by atoms with E-state index in [0.717, 1.165) is 19.4 Å². The van der Waals surface area contributed by atoms with Gasteiger partial charge in [0.2, 0.25) is 0 Å². The van der Waals surface area contributed by atoms with Crippen LogP contribution in [0.15, 0.2) is 22.7 Å². The molecule has 1 atom stereocenters. The van der Waals surface area contributed by atoms with E-state index in [1.165, 1.54) is 0 Å². The van der Waals surface area contributed by atoms with Crippen LogP contribution in [0.5, 0.6) is 0 Å². The number of halogens is 1. The molecule has 1 aromatic carbocycles. The zero-order valence-corrected chi connectivity index (χ0v) is 12.6. The number of hydrogen-bond donors (Lipinski definition) is 1. The molecule has 1 aliphatic rings. The highest BCUT2D eigenvalue weighted by atomic mass is 79.9. The zero-order chi connectivity index (χ0) is 13.8. The maximum absolute atomic E-state index is 12.5. The summed E-state index contributed by atoms with van der Waals surface area (Å²) in [5, 5.41) is 0. The Hall–Kier alpha value is -1.07. The molecule has 1 fully saturated rings. The average molecular weight is 327 g/mol. The van der Waals surface area contributed by atoms with Crippen molar-refractivity contribution in [3.8, 4) is 0 Å². The van der Waals surface area contributed by atoms with Crippen molar-refractivity contribution in [3.05, 3.63) is 28.2 Å². The van der Waals surface area contributed by atoms with Gasteiger partial charge in [0.15, 0.2) is 0 Å². The number of benzene rings is 1. The summed E-state index contributed by atoms with van der Waals surface area (Å²) in [5.41, 5.74) is 7.01. The van der Waals surface area contributed by atoms with Crippen LogP contribution in [0.3, 0.4) is 0 Å². The van der Waals surface area contributed by atoms with Crippen molar-refractivity contribution in [2.45, 2.75) is 25.9 Å². The van der Waals surface area contributed by atoms with Crippen LogP contribution in [0.4, 0.5) is 5.69 Å². The number of carbonyl (C=O) groups is 1. The molecular formula is C14H19BrN2O2. The lowest BCUT2D eigenvalue weighted by Crippen LogP contribution is -2.37. The number of ether oxygens (including phenoxy) is 1. The van der Waals surface area contributed by atoms with Crippen molar-refractivity contribution in [1.29, 1.82) is 0 Å². The lowest BCUT2D eigenvalue weighted by molar-refractivity contribution is 0.0538. The van der Waals surface area contributed by atoms with Crippen LogP contribution >= 0.6 is 15.9 Å². The Morgan fingerprint density at radius 1 is 1.58 bits per heavy atom. The molecule has 0 bridgehead atoms. The molecule has 1 aliphatic heterocycles. The minimum absolute atomic E-state index is 0.00262. The highest BCUT2D eigenvalue weighted by molar-refractivity contribution is 9.10. The van der Waals surface area contributed by atoms with Crippen molar-refractivity contribution in [1.82, 2.24) is 4.90 Å². The van der Waals surface area contributed by atoms with E-state index >= 15 is 0 Å². The van der Waals surface area contributed by atoms with Gasteiger partial charge in [-0.05, 0) is 47.8 Å². The van der Waals surface area contributed by atoms with E-state index in [0.29, 0.717) is 28.8 Å². The number of nitrogens with two attached hydrogens (primary N) is 1. The van der Waals surface area contributed by atoms with Crippen LogP contribution in [0.1, 0.15) is 30.1 Å². The molecule has 1 saturated heterocycles. The fourth-order valence-electron chi connectivity index (χ4n) is 2.28. The molecule has 5 heteroatoms. The van der Waals surface area contributed by atoms with Gasteiger partial charge in [-0.2, -0.15) is 0 Å². The van der Waals surface area contributed by atoms with Gasteiger partial charge in [-0.15, -0.1) is 0 Å². The van der Waals surface area contributed by atoms with E-state index in [-0.39, 0.29) is 12.0 Å². The van der Waals surface area contributed by atoms with Gasteiger partial charge in [-0.25, -0.2) is 0 Å². The maximum Gasteiger partial charge on any atom is 0.255 e. The second-order valence-electron chi connectivity index (χ2n) is 4.69. The Kier molecular flexibility index (Phi) is 4.82. The standard InChI is InChI=1S/C14H19BrN2O2/c1-2-17(9-10-5-4-8-19-10)14(18)11-6-3-7-12(16)13(11)15/h3,6-7,10H,2,4-5,8-9,16H2,1H3. The molecule has 1 heterocycles. The molecule has 0 aliphatic carbocycles. The SMILES string of the molecule is CCN(CC1CCCO1)C(=O)c1cccc(N)c1Br. The Labute approximate surface area is 122 Å². The molecule has 1 amide bonds. The number of rotatable bonds is 4. The third kappa shape index (κ3) is 3.28. The minimum atomic E-state index is -0.00262. The van der Waals surface area contributed by atoms with Crippen molar-refractivity contribution >= 4 is 27.5 Å². The predicted octanol–water partition coefficient (Wildman–Crippen LogP) is 2.67. The van der Waals surface area contributed by atoms with Gasteiger partial charge in [0.05, 0.1) is 16.1 Å². The monoisotopic (exact) mass is 326 g/mol. The number of anilines is 1. The summed E-state index contributed by atoms with van der Waals surface area (Å²) in [6.07, 6.45) is 2.28. The van der Waals surface area contributed by atoms with Crippen molar-refractivity contribution in [3.63, 3.8) is 0 Å². The van der Waals surface area contributed by atoms with Crippen LogP contribution in [-0.2, 0) is 4.74 Å². The number of nitrogen functional groups attached to an aromatic ring is 1. The second kappa shape index (κ2) is 6.39. The fourth-order valence-corrected chi connectivity index (χ4v) is 2.71. The molecule has 2 N–H and O–H groups in total. The molecule has 0 aromatic heterocycles. The van der Waals surface area contributed by atoms with Gasteiger partial charge in [0, 0.05) is 25.4 Å². The Morgan fingerprint density at radius 2 is 2.37 bits per heavy atom. The first kappa shape index (κ1) is 14.3. The molecular weight excluding hydrogens is 308 g/mol. The summed E-state index contributed by atoms with van der Waals surface area (Å²) in [4.78, 5) is 14.3. The van der Waals surface area contributed by atoms with Crippen LogP contribution in [-0.4, -0.2) is 36.6 Å². The van der Waals surface area contributed by atoms with Gasteiger partial charge < -0.3 is 15.4 Å². The molecule has 104 valence electrons. The third-order valence-electron chi connectivity index (χ3n) is 3.38. The van der Waals surface area contributed by atoms with E-state index in [2.05, 4.69) is 15.9 Å². The first-order valence-corrected chi connectivity index (χ1v) is 7.37. The van der Waals surface area contributed by atoms with E-state index in [4.69, 9.17) is 10.5 Å². The fraction of sp³-hybridized carbons (Fsp3) is 0.500. The van der Waals surface area contributed by atoms with Crippen LogP contribution in [0, 0.1) is 0 Å². The molecule has 1 unspecified atom stereocenters. The molecule has 4 nitrogen and oxygen atoms in total. The average Bonchev–Trinajstić information content (AvgIpc) is 2.91. The summed E-state index contributed by atoms with van der Waals surface area (Å²) in [5.74, 6) is -0.00262. The van der Waals surface area contributed by atoms with Crippen molar-refractivity contribution < 1.29 is 9.53 Å². The number of carbonyl (C=O) groups excluding carboxylic acids is 1. The predicted molar refractivity (Wildman–Crippen MR) is 79.1 cm³/mol. The molecule has 2 rings (SSSR count). The van der Waals surface area contributed by atoms with E-state index in [9.17, 15) is 4.79 Å². The number of hydrogen-bond acceptors (Lipinski definition) is 3. The lowest BCUT2D eigenvalue weighted by atomic mass is 10.1. The highest BCUT2D eigenvalue weighted by Gasteiger charge is 2.23. The van der Waals surface area contributed by atoms with Gasteiger partial charge >= 0.3 is 0 Å². The molecule has 0 radical (unpaired) electrons. The maximum atomic E-state index is 12.5. The van der Waals surface area contributed by atoms with Crippen molar-refractivity contribution in [2.24, 2.45) is 0 Å². The summed E-state index contributed by atoms with van der Waals surface area (Å²) >= 11 is 3.39. The largest absolute Gasteiger partial charge is 0.398 e. The normalized spacial score (nSPS) is 18.5. The molecule has 0 spiro atoms. The lowest BCUT2D eigenvalue weighted by Gasteiger charge is -2.24. The summed E-state index contributed by atoms with van der Waals surface area (Å²) in [6, 6.07) is 5.37. The highest BCUT2D eigenvalue weighted by Crippen LogP contribution is 2.25. The van der Waals surface area contributed by atoms with Crippen LogP contribution < -0.4 is 5.73 Å². The third-order valence-corrected chi connectivity index (χ3v) is 4.26. The Morgan fingerprint density at radius 3 is 3.00 bits per heavy atom.